The van der Waals surface area contributed by atoms with Crippen LogP contribution in [0.4, 0.5) is 18.9 Å². The van der Waals surface area contributed by atoms with Crippen molar-refractivity contribution < 1.29 is 17.9 Å². The Morgan fingerprint density at radius 2 is 2.19 bits per heavy atom. The molecule has 172 valence electrons. The highest BCUT2D eigenvalue weighted by molar-refractivity contribution is 14.0. The average Bonchev–Trinajstić information content (AvgIpc) is 3.14. The van der Waals surface area contributed by atoms with Gasteiger partial charge in [0.1, 0.15) is 11.6 Å². The van der Waals surface area contributed by atoms with Crippen molar-refractivity contribution in [2.45, 2.75) is 39.0 Å². The van der Waals surface area contributed by atoms with Crippen LogP contribution >= 0.6 is 24.0 Å². The molecular weight excluding hydrogens is 524 g/mol. The van der Waals surface area contributed by atoms with Crippen LogP contribution < -0.4 is 20.3 Å². The summed E-state index contributed by atoms with van der Waals surface area (Å²) in [4.78, 5) is 6.66. The summed E-state index contributed by atoms with van der Waals surface area (Å²) >= 11 is 0. The zero-order valence-electron chi connectivity index (χ0n) is 17.5. The van der Waals surface area contributed by atoms with E-state index in [1.54, 1.807) is 4.68 Å². The maximum atomic E-state index is 14.2. The van der Waals surface area contributed by atoms with Gasteiger partial charge in [0.15, 0.2) is 5.96 Å². The number of guanidine groups is 1. The number of aromatic nitrogens is 2. The molecule has 1 aromatic heterocycles. The molecular formula is C20H28F3IN6O. The second kappa shape index (κ2) is 12.0. The SMILES string of the molecule is CCNC(=NCc1c(F)cccc1OC(F)F)NC1CCCN(c2cnn(C)c2)C1.I. The first-order valence-electron chi connectivity index (χ1n) is 9.97. The summed E-state index contributed by atoms with van der Waals surface area (Å²) in [5.41, 5.74) is 1.06. The van der Waals surface area contributed by atoms with Crippen LogP contribution in [0.3, 0.4) is 0 Å². The Morgan fingerprint density at radius 1 is 1.39 bits per heavy atom. The number of aliphatic imine (C=N–C) groups is 1. The molecule has 31 heavy (non-hydrogen) atoms. The fraction of sp³-hybridized carbons (Fsp3) is 0.500. The summed E-state index contributed by atoms with van der Waals surface area (Å²) in [6.45, 7) is 1.11. The van der Waals surface area contributed by atoms with E-state index in [0.29, 0.717) is 12.5 Å². The topological polar surface area (TPSA) is 66.7 Å². The van der Waals surface area contributed by atoms with Crippen molar-refractivity contribution in [1.82, 2.24) is 20.4 Å². The van der Waals surface area contributed by atoms with Crippen LogP contribution in [0.5, 0.6) is 5.75 Å². The van der Waals surface area contributed by atoms with Gasteiger partial charge in [-0.25, -0.2) is 9.38 Å². The molecule has 1 aliphatic heterocycles. The number of rotatable bonds is 7. The minimum atomic E-state index is -3.03. The summed E-state index contributed by atoms with van der Waals surface area (Å²) in [6, 6.07) is 3.98. The van der Waals surface area contributed by atoms with Crippen LogP contribution in [0.15, 0.2) is 35.6 Å². The highest BCUT2D eigenvalue weighted by Crippen LogP contribution is 2.24. The van der Waals surface area contributed by atoms with Gasteiger partial charge in [-0.2, -0.15) is 13.9 Å². The largest absolute Gasteiger partial charge is 0.434 e. The number of benzene rings is 1. The molecule has 1 aliphatic rings. The lowest BCUT2D eigenvalue weighted by Gasteiger charge is -2.34. The van der Waals surface area contributed by atoms with Gasteiger partial charge in [-0.05, 0) is 31.9 Å². The van der Waals surface area contributed by atoms with Crippen molar-refractivity contribution in [2.24, 2.45) is 12.0 Å². The second-order valence-electron chi connectivity index (χ2n) is 7.09. The minimum Gasteiger partial charge on any atom is -0.434 e. The molecule has 0 spiro atoms. The lowest BCUT2D eigenvalue weighted by Crippen LogP contribution is -2.51. The maximum Gasteiger partial charge on any atom is 0.387 e. The average molecular weight is 552 g/mol. The van der Waals surface area contributed by atoms with Crippen LogP contribution in [-0.4, -0.2) is 48.0 Å². The van der Waals surface area contributed by atoms with Crippen molar-refractivity contribution in [3.05, 3.63) is 42.0 Å². The normalized spacial score (nSPS) is 16.8. The lowest BCUT2D eigenvalue weighted by molar-refractivity contribution is -0.0506. The quantitative estimate of drug-likeness (QED) is 0.313. The van der Waals surface area contributed by atoms with Crippen molar-refractivity contribution in [3.63, 3.8) is 0 Å². The maximum absolute atomic E-state index is 14.2. The summed E-state index contributed by atoms with van der Waals surface area (Å²) in [5.74, 6) is -0.333. The van der Waals surface area contributed by atoms with Gasteiger partial charge in [0.05, 0.1) is 24.0 Å². The number of halogens is 4. The zero-order chi connectivity index (χ0) is 21.5. The Hall–Kier alpha value is -2.18. The summed E-state index contributed by atoms with van der Waals surface area (Å²) in [5, 5.41) is 10.7. The molecule has 0 amide bonds. The van der Waals surface area contributed by atoms with E-state index in [9.17, 15) is 13.2 Å². The molecule has 7 nitrogen and oxygen atoms in total. The molecule has 0 bridgehead atoms. The Morgan fingerprint density at radius 3 is 2.87 bits per heavy atom. The number of ether oxygens (including phenoxy) is 1. The standard InChI is InChI=1S/C20H27F3N6O.HI/c1-3-24-20(25-11-16-17(21)7-4-8-18(16)30-19(22)23)27-14-6-5-9-29(12-14)15-10-26-28(2)13-15;/h4,7-8,10,13-14,19H,3,5-6,9,11-12H2,1-2H3,(H2,24,25,27);1H. The number of nitrogens with one attached hydrogen (secondary N) is 2. The van der Waals surface area contributed by atoms with E-state index in [2.05, 4.69) is 30.4 Å². The third kappa shape index (κ3) is 7.18. The van der Waals surface area contributed by atoms with E-state index < -0.39 is 12.4 Å². The Bertz CT molecular complexity index is 863. The predicted octanol–water partition coefficient (Wildman–Crippen LogP) is 3.50. The van der Waals surface area contributed by atoms with E-state index in [1.165, 1.54) is 18.2 Å². The lowest BCUT2D eigenvalue weighted by atomic mass is 10.1. The van der Waals surface area contributed by atoms with Gasteiger partial charge in [0.25, 0.3) is 0 Å². The molecule has 1 fully saturated rings. The number of nitrogens with zero attached hydrogens (tertiary/aromatic N) is 4. The third-order valence-electron chi connectivity index (χ3n) is 4.85. The Balaban J connectivity index is 0.00000341. The molecule has 3 rings (SSSR count). The molecule has 1 atom stereocenters. The van der Waals surface area contributed by atoms with Gasteiger partial charge in [0.2, 0.25) is 0 Å². The smallest absolute Gasteiger partial charge is 0.387 e. The molecule has 0 radical (unpaired) electrons. The third-order valence-corrected chi connectivity index (χ3v) is 4.85. The summed E-state index contributed by atoms with van der Waals surface area (Å²) < 4.78 is 45.6. The monoisotopic (exact) mass is 552 g/mol. The number of aryl methyl sites for hydroxylation is 1. The van der Waals surface area contributed by atoms with Crippen LogP contribution in [0, 0.1) is 5.82 Å². The number of hydrogen-bond donors (Lipinski definition) is 2. The Kier molecular flexibility index (Phi) is 9.72. The van der Waals surface area contributed by atoms with Crippen LogP contribution in [0.2, 0.25) is 0 Å². The van der Waals surface area contributed by atoms with Crippen molar-refractivity contribution in [1.29, 1.82) is 0 Å². The van der Waals surface area contributed by atoms with Crippen molar-refractivity contribution >= 4 is 35.6 Å². The van der Waals surface area contributed by atoms with Gasteiger partial charge >= 0.3 is 6.61 Å². The summed E-state index contributed by atoms with van der Waals surface area (Å²) in [7, 11) is 1.88. The van der Waals surface area contributed by atoms with E-state index in [0.717, 1.165) is 31.6 Å². The van der Waals surface area contributed by atoms with Crippen LogP contribution in [0.25, 0.3) is 0 Å². The van der Waals surface area contributed by atoms with E-state index in [1.807, 2.05) is 26.4 Å². The molecule has 11 heteroatoms. The van der Waals surface area contributed by atoms with Crippen molar-refractivity contribution in [3.8, 4) is 5.75 Å². The predicted molar refractivity (Wildman–Crippen MR) is 125 cm³/mol. The van der Waals surface area contributed by atoms with Gasteiger partial charge in [-0.3, -0.25) is 4.68 Å². The number of anilines is 1. The van der Waals surface area contributed by atoms with Gasteiger partial charge in [0, 0.05) is 38.9 Å². The van der Waals surface area contributed by atoms with Crippen LogP contribution in [0.1, 0.15) is 25.3 Å². The van der Waals surface area contributed by atoms with E-state index in [-0.39, 0.29) is 47.9 Å². The zero-order valence-corrected chi connectivity index (χ0v) is 19.9. The molecule has 1 aromatic carbocycles. The fourth-order valence-corrected chi connectivity index (χ4v) is 3.47. The molecule has 2 N–H and O–H groups in total. The van der Waals surface area contributed by atoms with Gasteiger partial charge in [-0.1, -0.05) is 6.07 Å². The number of hydrogen-bond acceptors (Lipinski definition) is 4. The van der Waals surface area contributed by atoms with Gasteiger partial charge < -0.3 is 20.3 Å². The highest BCUT2D eigenvalue weighted by atomic mass is 127. The number of alkyl halides is 2. The highest BCUT2D eigenvalue weighted by Gasteiger charge is 2.22. The van der Waals surface area contributed by atoms with Crippen molar-refractivity contribution in [2.75, 3.05) is 24.5 Å². The number of piperidine rings is 1. The molecule has 0 aliphatic carbocycles. The first kappa shape index (κ1) is 25.1. The second-order valence-corrected chi connectivity index (χ2v) is 7.09. The Labute approximate surface area is 197 Å². The summed E-state index contributed by atoms with van der Waals surface area (Å²) in [6.07, 6.45) is 5.78. The molecule has 2 heterocycles. The first-order valence-corrected chi connectivity index (χ1v) is 9.97. The van der Waals surface area contributed by atoms with Crippen LogP contribution in [-0.2, 0) is 13.6 Å². The molecule has 1 saturated heterocycles. The minimum absolute atomic E-state index is 0. The molecule has 2 aromatic rings. The first-order chi connectivity index (χ1) is 14.5. The molecule has 0 saturated carbocycles. The molecule has 1 unspecified atom stereocenters. The van der Waals surface area contributed by atoms with E-state index >= 15 is 0 Å². The fourth-order valence-electron chi connectivity index (χ4n) is 3.47. The van der Waals surface area contributed by atoms with Gasteiger partial charge in [-0.15, -0.1) is 24.0 Å². The van der Waals surface area contributed by atoms with E-state index in [4.69, 9.17) is 0 Å².